The zero-order chi connectivity index (χ0) is 13.0. The number of ether oxygens (including phenoxy) is 1. The molecule has 0 aliphatic rings. The van der Waals surface area contributed by atoms with Crippen molar-refractivity contribution in [1.29, 1.82) is 0 Å². The standard InChI is InChI=1S/C10H16N4O2S/c1-6-8(9(11)17)10(14(2)13-6)12-5-4-7(15)16-3/h12H,4-5H2,1-3H3,(H2,11,17). The Balaban J connectivity index is 2.77. The number of anilines is 1. The number of nitrogens with one attached hydrogen (secondary N) is 1. The second-order valence-corrected chi connectivity index (χ2v) is 3.99. The average molecular weight is 256 g/mol. The Hall–Kier alpha value is -1.63. The van der Waals surface area contributed by atoms with Gasteiger partial charge in [-0.1, -0.05) is 12.2 Å². The zero-order valence-electron chi connectivity index (χ0n) is 10.1. The molecule has 1 rings (SSSR count). The molecule has 0 amide bonds. The van der Waals surface area contributed by atoms with Gasteiger partial charge in [0.05, 0.1) is 24.8 Å². The molecule has 6 nitrogen and oxygen atoms in total. The number of rotatable bonds is 5. The van der Waals surface area contributed by atoms with Crippen LogP contribution in [0.15, 0.2) is 0 Å². The Morgan fingerprint density at radius 3 is 2.82 bits per heavy atom. The summed E-state index contributed by atoms with van der Waals surface area (Å²) < 4.78 is 6.20. The number of hydrogen-bond donors (Lipinski definition) is 2. The summed E-state index contributed by atoms with van der Waals surface area (Å²) in [4.78, 5) is 11.3. The van der Waals surface area contributed by atoms with Gasteiger partial charge >= 0.3 is 5.97 Å². The summed E-state index contributed by atoms with van der Waals surface area (Å²) >= 11 is 4.97. The lowest BCUT2D eigenvalue weighted by Crippen LogP contribution is -2.16. The largest absolute Gasteiger partial charge is 0.469 e. The summed E-state index contributed by atoms with van der Waals surface area (Å²) in [6.45, 7) is 2.28. The molecule has 0 atom stereocenters. The van der Waals surface area contributed by atoms with Gasteiger partial charge in [0.1, 0.15) is 10.8 Å². The Labute approximate surface area is 105 Å². The van der Waals surface area contributed by atoms with Crippen LogP contribution in [0.5, 0.6) is 0 Å². The molecular weight excluding hydrogens is 240 g/mol. The molecular formula is C10H16N4O2S. The number of nitrogens with two attached hydrogens (primary N) is 1. The summed E-state index contributed by atoms with van der Waals surface area (Å²) in [6.07, 6.45) is 0.275. The van der Waals surface area contributed by atoms with Crippen molar-refractivity contribution in [2.75, 3.05) is 19.0 Å². The van der Waals surface area contributed by atoms with Gasteiger partial charge in [0, 0.05) is 13.6 Å². The van der Waals surface area contributed by atoms with E-state index < -0.39 is 0 Å². The summed E-state index contributed by atoms with van der Waals surface area (Å²) in [6, 6.07) is 0. The summed E-state index contributed by atoms with van der Waals surface area (Å²) in [5.74, 6) is 0.451. The average Bonchev–Trinajstić information content (AvgIpc) is 2.53. The van der Waals surface area contributed by atoms with Crippen LogP contribution in [-0.4, -0.2) is 34.4 Å². The lowest BCUT2D eigenvalue weighted by atomic mass is 10.2. The SMILES string of the molecule is COC(=O)CCNc1c(C(N)=S)c(C)nn1C. The topological polar surface area (TPSA) is 82.2 Å². The highest BCUT2D eigenvalue weighted by Gasteiger charge is 2.15. The molecule has 0 aromatic carbocycles. The van der Waals surface area contributed by atoms with Crippen molar-refractivity contribution in [3.05, 3.63) is 11.3 Å². The van der Waals surface area contributed by atoms with Gasteiger partial charge in [0.2, 0.25) is 0 Å². The van der Waals surface area contributed by atoms with Gasteiger partial charge in [-0.15, -0.1) is 0 Å². The fourth-order valence-corrected chi connectivity index (χ4v) is 1.79. The maximum Gasteiger partial charge on any atom is 0.307 e. The molecule has 0 radical (unpaired) electrons. The van der Waals surface area contributed by atoms with Gasteiger partial charge in [-0.2, -0.15) is 5.10 Å². The third-order valence-electron chi connectivity index (χ3n) is 2.32. The van der Waals surface area contributed by atoms with Crippen molar-refractivity contribution in [2.45, 2.75) is 13.3 Å². The third kappa shape index (κ3) is 3.16. The predicted octanol–water partition coefficient (Wildman–Crippen LogP) is 0.338. The molecule has 0 saturated carbocycles. The van der Waals surface area contributed by atoms with Gasteiger partial charge in [-0.05, 0) is 6.92 Å². The Bertz CT molecular complexity index is 442. The number of nitrogens with zero attached hydrogens (tertiary/aromatic N) is 2. The van der Waals surface area contributed by atoms with E-state index in [0.29, 0.717) is 12.1 Å². The first-order valence-electron chi connectivity index (χ1n) is 5.11. The van der Waals surface area contributed by atoms with E-state index >= 15 is 0 Å². The summed E-state index contributed by atoms with van der Waals surface area (Å²) in [7, 11) is 3.15. The summed E-state index contributed by atoms with van der Waals surface area (Å²) in [5.41, 5.74) is 7.11. The first kappa shape index (κ1) is 13.4. The van der Waals surface area contributed by atoms with Gasteiger partial charge in [-0.3, -0.25) is 9.48 Å². The van der Waals surface area contributed by atoms with E-state index in [1.807, 2.05) is 6.92 Å². The molecule has 1 heterocycles. The number of aryl methyl sites for hydroxylation is 2. The molecule has 0 aliphatic heterocycles. The Morgan fingerprint density at radius 1 is 1.65 bits per heavy atom. The monoisotopic (exact) mass is 256 g/mol. The van der Waals surface area contributed by atoms with Crippen molar-refractivity contribution in [3.8, 4) is 0 Å². The number of thiocarbonyl (C=S) groups is 1. The number of methoxy groups -OCH3 is 1. The molecule has 94 valence electrons. The highest BCUT2D eigenvalue weighted by Crippen LogP contribution is 2.18. The van der Waals surface area contributed by atoms with Crippen molar-refractivity contribution >= 4 is 29.0 Å². The summed E-state index contributed by atoms with van der Waals surface area (Å²) in [5, 5.41) is 7.30. The van der Waals surface area contributed by atoms with Crippen LogP contribution in [0.2, 0.25) is 0 Å². The van der Waals surface area contributed by atoms with Crippen LogP contribution in [0, 0.1) is 6.92 Å². The lowest BCUT2D eigenvalue weighted by Gasteiger charge is -2.08. The number of carbonyl (C=O) groups is 1. The fourth-order valence-electron chi connectivity index (χ4n) is 1.54. The van der Waals surface area contributed by atoms with E-state index in [9.17, 15) is 4.79 Å². The van der Waals surface area contributed by atoms with Crippen LogP contribution in [0.1, 0.15) is 17.7 Å². The predicted molar refractivity (Wildman–Crippen MR) is 69.0 cm³/mol. The van der Waals surface area contributed by atoms with E-state index in [1.54, 1.807) is 11.7 Å². The minimum absolute atomic E-state index is 0.270. The molecule has 7 heteroatoms. The quantitative estimate of drug-likeness (QED) is 0.584. The minimum Gasteiger partial charge on any atom is -0.469 e. The van der Waals surface area contributed by atoms with Gasteiger partial charge in [-0.25, -0.2) is 0 Å². The van der Waals surface area contributed by atoms with Crippen LogP contribution in [-0.2, 0) is 16.6 Å². The van der Waals surface area contributed by atoms with Crippen molar-refractivity contribution in [1.82, 2.24) is 9.78 Å². The first-order chi connectivity index (χ1) is 7.97. The molecule has 0 aliphatic carbocycles. The lowest BCUT2D eigenvalue weighted by molar-refractivity contribution is -0.140. The minimum atomic E-state index is -0.270. The van der Waals surface area contributed by atoms with Crippen molar-refractivity contribution in [3.63, 3.8) is 0 Å². The Kier molecular flexibility index (Phi) is 4.45. The van der Waals surface area contributed by atoms with Gasteiger partial charge in [0.15, 0.2) is 0 Å². The third-order valence-corrected chi connectivity index (χ3v) is 2.52. The van der Waals surface area contributed by atoms with Gasteiger partial charge < -0.3 is 15.8 Å². The number of aromatic nitrogens is 2. The van der Waals surface area contributed by atoms with Crippen molar-refractivity contribution < 1.29 is 9.53 Å². The van der Waals surface area contributed by atoms with Crippen LogP contribution < -0.4 is 11.1 Å². The number of carbonyl (C=O) groups excluding carboxylic acids is 1. The smallest absolute Gasteiger partial charge is 0.307 e. The van der Waals surface area contributed by atoms with E-state index in [2.05, 4.69) is 15.2 Å². The zero-order valence-corrected chi connectivity index (χ0v) is 10.9. The highest BCUT2D eigenvalue weighted by molar-refractivity contribution is 7.80. The molecule has 0 bridgehead atoms. The highest BCUT2D eigenvalue weighted by atomic mass is 32.1. The van der Waals surface area contributed by atoms with Crippen LogP contribution >= 0.6 is 12.2 Å². The van der Waals surface area contributed by atoms with E-state index in [0.717, 1.165) is 11.5 Å². The normalized spacial score (nSPS) is 10.1. The molecule has 1 aromatic heterocycles. The van der Waals surface area contributed by atoms with Crippen LogP contribution in [0.3, 0.4) is 0 Å². The first-order valence-corrected chi connectivity index (χ1v) is 5.52. The molecule has 0 fully saturated rings. The van der Waals surface area contributed by atoms with Crippen LogP contribution in [0.25, 0.3) is 0 Å². The molecule has 0 unspecified atom stereocenters. The molecule has 3 N–H and O–H groups in total. The molecule has 0 saturated heterocycles. The molecule has 0 spiro atoms. The van der Waals surface area contributed by atoms with Crippen LogP contribution in [0.4, 0.5) is 5.82 Å². The van der Waals surface area contributed by atoms with Crippen molar-refractivity contribution in [2.24, 2.45) is 12.8 Å². The molecule has 17 heavy (non-hydrogen) atoms. The van der Waals surface area contributed by atoms with E-state index in [1.165, 1.54) is 7.11 Å². The second kappa shape index (κ2) is 5.62. The maximum atomic E-state index is 11.0. The molecule has 1 aromatic rings. The second-order valence-electron chi connectivity index (χ2n) is 3.55. The number of esters is 1. The van der Waals surface area contributed by atoms with E-state index in [-0.39, 0.29) is 17.4 Å². The van der Waals surface area contributed by atoms with Gasteiger partial charge in [0.25, 0.3) is 0 Å². The Morgan fingerprint density at radius 2 is 2.29 bits per heavy atom. The fraction of sp³-hybridized carbons (Fsp3) is 0.500. The van der Waals surface area contributed by atoms with E-state index in [4.69, 9.17) is 18.0 Å². The number of hydrogen-bond acceptors (Lipinski definition) is 5. The maximum absolute atomic E-state index is 11.0.